The number of carbonyl (C=O) groups is 2. The van der Waals surface area contributed by atoms with Crippen LogP contribution in [0.15, 0.2) is 12.1 Å². The summed E-state index contributed by atoms with van der Waals surface area (Å²) < 4.78 is 0.556. The zero-order chi connectivity index (χ0) is 12.0. The van der Waals surface area contributed by atoms with Crippen molar-refractivity contribution in [1.29, 1.82) is 0 Å². The molecule has 4 nitrogen and oxygen atoms in total. The molecule has 2 N–H and O–H groups in total. The SMILES string of the molecule is CCCNC(=O)CNC(=O)c1ccc(Cl)s1. The minimum absolute atomic E-state index is 0.00560. The Labute approximate surface area is 103 Å². The van der Waals surface area contributed by atoms with Crippen molar-refractivity contribution in [2.24, 2.45) is 0 Å². The Morgan fingerprint density at radius 3 is 2.69 bits per heavy atom. The van der Waals surface area contributed by atoms with Crippen molar-refractivity contribution in [1.82, 2.24) is 10.6 Å². The highest BCUT2D eigenvalue weighted by atomic mass is 35.5. The number of halogens is 1. The summed E-state index contributed by atoms with van der Waals surface area (Å²) in [5.41, 5.74) is 0. The molecule has 1 aromatic heterocycles. The van der Waals surface area contributed by atoms with E-state index in [9.17, 15) is 9.59 Å². The van der Waals surface area contributed by atoms with Gasteiger partial charge >= 0.3 is 0 Å². The number of thiophene rings is 1. The van der Waals surface area contributed by atoms with Gasteiger partial charge < -0.3 is 10.6 Å². The number of amides is 2. The fourth-order valence-corrected chi connectivity index (χ4v) is 1.97. The number of carbonyl (C=O) groups excluding carboxylic acids is 2. The van der Waals surface area contributed by atoms with Crippen molar-refractivity contribution in [2.75, 3.05) is 13.1 Å². The van der Waals surface area contributed by atoms with Gasteiger partial charge in [0.15, 0.2) is 0 Å². The van der Waals surface area contributed by atoms with Gasteiger partial charge in [-0.15, -0.1) is 11.3 Å². The van der Waals surface area contributed by atoms with Crippen molar-refractivity contribution in [2.45, 2.75) is 13.3 Å². The predicted octanol–water partition coefficient (Wildman–Crippen LogP) is 1.66. The van der Waals surface area contributed by atoms with E-state index >= 15 is 0 Å². The van der Waals surface area contributed by atoms with E-state index in [2.05, 4.69) is 10.6 Å². The van der Waals surface area contributed by atoms with Crippen LogP contribution in [0, 0.1) is 0 Å². The van der Waals surface area contributed by atoms with E-state index < -0.39 is 0 Å². The second kappa shape index (κ2) is 6.50. The minimum atomic E-state index is -0.274. The molecule has 0 fully saturated rings. The Morgan fingerprint density at radius 1 is 1.38 bits per heavy atom. The lowest BCUT2D eigenvalue weighted by atomic mass is 10.4. The van der Waals surface area contributed by atoms with E-state index in [-0.39, 0.29) is 18.4 Å². The molecule has 0 saturated carbocycles. The molecule has 2 amide bonds. The molecule has 1 aromatic rings. The summed E-state index contributed by atoms with van der Waals surface area (Å²) in [7, 11) is 0. The van der Waals surface area contributed by atoms with Gasteiger partial charge in [0.1, 0.15) is 0 Å². The van der Waals surface area contributed by atoms with Crippen molar-refractivity contribution in [3.8, 4) is 0 Å². The van der Waals surface area contributed by atoms with Crippen LogP contribution in [0.5, 0.6) is 0 Å². The van der Waals surface area contributed by atoms with Gasteiger partial charge in [0.2, 0.25) is 5.91 Å². The number of rotatable bonds is 5. The Kier molecular flexibility index (Phi) is 5.28. The molecule has 0 unspecified atom stereocenters. The number of hydrogen-bond acceptors (Lipinski definition) is 3. The molecule has 1 heterocycles. The molecule has 1 rings (SSSR count). The van der Waals surface area contributed by atoms with Crippen LogP contribution in [0.3, 0.4) is 0 Å². The quantitative estimate of drug-likeness (QED) is 0.846. The van der Waals surface area contributed by atoms with Crippen LogP contribution in [0.2, 0.25) is 4.34 Å². The van der Waals surface area contributed by atoms with E-state index in [0.717, 1.165) is 6.42 Å². The summed E-state index contributed by atoms with van der Waals surface area (Å²) >= 11 is 6.88. The van der Waals surface area contributed by atoms with Gasteiger partial charge in [-0.3, -0.25) is 9.59 Å². The molecule has 0 aromatic carbocycles. The molecule has 6 heteroatoms. The minimum Gasteiger partial charge on any atom is -0.355 e. The molecule has 0 spiro atoms. The summed E-state index contributed by atoms with van der Waals surface area (Å²) in [6.45, 7) is 2.58. The largest absolute Gasteiger partial charge is 0.355 e. The highest BCUT2D eigenvalue weighted by molar-refractivity contribution is 7.17. The zero-order valence-electron chi connectivity index (χ0n) is 8.88. The van der Waals surface area contributed by atoms with Gasteiger partial charge in [-0.1, -0.05) is 18.5 Å². The Bertz CT molecular complexity index is 379. The highest BCUT2D eigenvalue weighted by Crippen LogP contribution is 2.20. The van der Waals surface area contributed by atoms with Crippen LogP contribution in [-0.2, 0) is 4.79 Å². The van der Waals surface area contributed by atoms with Crippen molar-refractivity contribution in [3.05, 3.63) is 21.3 Å². The molecular formula is C10H13ClN2O2S. The lowest BCUT2D eigenvalue weighted by Crippen LogP contribution is -2.36. The Morgan fingerprint density at radius 2 is 2.12 bits per heavy atom. The van der Waals surface area contributed by atoms with Crippen LogP contribution in [-0.4, -0.2) is 24.9 Å². The molecular weight excluding hydrogens is 248 g/mol. The average Bonchev–Trinajstić information content (AvgIpc) is 2.69. The van der Waals surface area contributed by atoms with Crippen LogP contribution >= 0.6 is 22.9 Å². The lowest BCUT2D eigenvalue weighted by Gasteiger charge is -2.04. The fourth-order valence-electron chi connectivity index (χ4n) is 1.01. The first-order valence-corrected chi connectivity index (χ1v) is 6.13. The molecule has 16 heavy (non-hydrogen) atoms. The number of nitrogens with one attached hydrogen (secondary N) is 2. The molecule has 0 atom stereocenters. The number of hydrogen-bond donors (Lipinski definition) is 2. The standard InChI is InChI=1S/C10H13ClN2O2S/c1-2-5-12-9(14)6-13-10(15)7-3-4-8(11)16-7/h3-4H,2,5-6H2,1H3,(H,12,14)(H,13,15). The molecule has 0 saturated heterocycles. The summed E-state index contributed by atoms with van der Waals surface area (Å²) in [4.78, 5) is 23.2. The van der Waals surface area contributed by atoms with E-state index in [4.69, 9.17) is 11.6 Å². The zero-order valence-corrected chi connectivity index (χ0v) is 10.5. The van der Waals surface area contributed by atoms with Gasteiger partial charge in [-0.25, -0.2) is 0 Å². The highest BCUT2D eigenvalue weighted by Gasteiger charge is 2.09. The first-order valence-electron chi connectivity index (χ1n) is 4.93. The molecule has 0 radical (unpaired) electrons. The normalized spacial score (nSPS) is 9.88. The molecule has 0 aliphatic rings. The summed E-state index contributed by atoms with van der Waals surface area (Å²) in [6.07, 6.45) is 0.875. The molecule has 0 bridgehead atoms. The van der Waals surface area contributed by atoms with Crippen LogP contribution in [0.1, 0.15) is 23.0 Å². The summed E-state index contributed by atoms with van der Waals surface area (Å²) in [5, 5.41) is 5.19. The maximum absolute atomic E-state index is 11.5. The van der Waals surface area contributed by atoms with Crippen molar-refractivity contribution < 1.29 is 9.59 Å². The van der Waals surface area contributed by atoms with E-state index in [0.29, 0.717) is 15.8 Å². The molecule has 88 valence electrons. The second-order valence-electron chi connectivity index (χ2n) is 3.14. The topological polar surface area (TPSA) is 58.2 Å². The third-order valence-corrected chi connectivity index (χ3v) is 3.01. The first kappa shape index (κ1) is 13.0. The van der Waals surface area contributed by atoms with Crippen LogP contribution < -0.4 is 10.6 Å². The second-order valence-corrected chi connectivity index (χ2v) is 4.85. The van der Waals surface area contributed by atoms with Crippen molar-refractivity contribution >= 4 is 34.8 Å². The van der Waals surface area contributed by atoms with Gasteiger partial charge in [0, 0.05) is 6.54 Å². The van der Waals surface area contributed by atoms with Crippen LogP contribution in [0.25, 0.3) is 0 Å². The van der Waals surface area contributed by atoms with Crippen LogP contribution in [0.4, 0.5) is 0 Å². The Hall–Kier alpha value is -1.07. The van der Waals surface area contributed by atoms with E-state index in [1.54, 1.807) is 12.1 Å². The maximum atomic E-state index is 11.5. The summed E-state index contributed by atoms with van der Waals surface area (Å²) in [5.74, 6) is -0.457. The van der Waals surface area contributed by atoms with Gasteiger partial charge in [-0.05, 0) is 18.6 Å². The lowest BCUT2D eigenvalue weighted by molar-refractivity contribution is -0.120. The third kappa shape index (κ3) is 4.20. The third-order valence-electron chi connectivity index (χ3n) is 1.78. The first-order chi connectivity index (χ1) is 7.63. The smallest absolute Gasteiger partial charge is 0.261 e. The van der Waals surface area contributed by atoms with Gasteiger partial charge in [-0.2, -0.15) is 0 Å². The van der Waals surface area contributed by atoms with E-state index in [1.165, 1.54) is 11.3 Å². The van der Waals surface area contributed by atoms with Gasteiger partial charge in [0.25, 0.3) is 5.91 Å². The van der Waals surface area contributed by atoms with Crippen molar-refractivity contribution in [3.63, 3.8) is 0 Å². The Balaban J connectivity index is 2.33. The fraction of sp³-hybridized carbons (Fsp3) is 0.400. The average molecular weight is 261 g/mol. The monoisotopic (exact) mass is 260 g/mol. The predicted molar refractivity (Wildman–Crippen MR) is 65.0 cm³/mol. The maximum Gasteiger partial charge on any atom is 0.261 e. The molecule has 0 aliphatic heterocycles. The van der Waals surface area contributed by atoms with E-state index in [1.807, 2.05) is 6.92 Å². The van der Waals surface area contributed by atoms with Gasteiger partial charge in [0.05, 0.1) is 15.8 Å². The molecule has 0 aliphatic carbocycles. The summed E-state index contributed by atoms with van der Waals surface area (Å²) in [6, 6.07) is 3.28.